The summed E-state index contributed by atoms with van der Waals surface area (Å²) in [4.78, 5) is 44.9. The van der Waals surface area contributed by atoms with Crippen LogP contribution in [0.25, 0.3) is 10.9 Å². The number of hydrogen-bond acceptors (Lipinski definition) is 12. The Hall–Kier alpha value is -5.57. The maximum absolute atomic E-state index is 15.5. The predicted molar refractivity (Wildman–Crippen MR) is 254 cm³/mol. The second kappa shape index (κ2) is 20.1. The number of piperidine rings is 2. The van der Waals surface area contributed by atoms with Gasteiger partial charge in [-0.05, 0) is 100 Å². The lowest BCUT2D eigenvalue weighted by molar-refractivity contribution is -0.134. The number of piperazine rings is 1. The molecule has 3 saturated heterocycles. The number of imide groups is 1. The molecule has 13 nitrogen and oxygen atoms in total. The first kappa shape index (κ1) is 46.9. The largest absolute Gasteiger partial charge is 0.492 e. The third-order valence-corrected chi connectivity index (χ3v) is 14.6. The van der Waals surface area contributed by atoms with Crippen molar-refractivity contribution >= 4 is 64.0 Å². The highest BCUT2D eigenvalue weighted by molar-refractivity contribution is 7.71. The van der Waals surface area contributed by atoms with Crippen LogP contribution in [0.15, 0.2) is 54.7 Å². The highest BCUT2D eigenvalue weighted by atomic mass is 31.2. The predicted octanol–water partition coefficient (Wildman–Crippen LogP) is 8.05. The molecule has 3 aromatic carbocycles. The average Bonchev–Trinajstić information content (AvgIpc) is 3.29. The van der Waals surface area contributed by atoms with Gasteiger partial charge in [-0.2, -0.15) is 4.98 Å². The number of hydrogen-bond donors (Lipinski definition) is 3. The van der Waals surface area contributed by atoms with Crippen LogP contribution < -0.4 is 30.9 Å². The summed E-state index contributed by atoms with van der Waals surface area (Å²) in [5.74, 6) is -2.67. The topological polar surface area (TPSA) is 145 Å². The fraction of sp³-hybridized carbons (Fsp3) is 0.449. The quantitative estimate of drug-likeness (QED) is 0.0691. The van der Waals surface area contributed by atoms with E-state index in [1.54, 1.807) is 31.7 Å². The normalized spacial score (nSPS) is 17.9. The van der Waals surface area contributed by atoms with Crippen molar-refractivity contribution in [1.82, 2.24) is 30.1 Å². The van der Waals surface area contributed by atoms with Crippen LogP contribution in [0, 0.1) is 17.5 Å². The second-order valence-electron chi connectivity index (χ2n) is 17.8. The number of aryl methyl sites for hydroxylation is 2. The van der Waals surface area contributed by atoms with Crippen LogP contribution in [0.2, 0.25) is 0 Å². The zero-order valence-electron chi connectivity index (χ0n) is 38.4. The SMILES string of the molecule is CCOc1cc(N2CCC(N3CCN(CCc4cc(F)c([C@H]5CCC(=O)NC5=O)c(F)c4)CC3)CC2)c(CC)cc1Nc1nccc(Nc2cc(F)c3nc(CC)ccc3c2P(C)(C)=O)n1. The molecule has 5 aromatic rings. The van der Waals surface area contributed by atoms with Crippen molar-refractivity contribution < 1.29 is 32.1 Å². The molecule has 3 aliphatic rings. The van der Waals surface area contributed by atoms with Gasteiger partial charge in [-0.1, -0.05) is 19.9 Å². The fourth-order valence-corrected chi connectivity index (χ4v) is 11.1. The summed E-state index contributed by atoms with van der Waals surface area (Å²) in [6.45, 7) is 15.9. The fourth-order valence-electron chi connectivity index (χ4n) is 9.66. The smallest absolute Gasteiger partial charge is 0.234 e. The lowest BCUT2D eigenvalue weighted by Crippen LogP contribution is -2.53. The Balaban J connectivity index is 0.882. The molecule has 5 heterocycles. The molecule has 66 heavy (non-hydrogen) atoms. The van der Waals surface area contributed by atoms with Gasteiger partial charge in [-0.25, -0.2) is 23.1 Å². The maximum atomic E-state index is 15.5. The minimum Gasteiger partial charge on any atom is -0.492 e. The highest BCUT2D eigenvalue weighted by Crippen LogP contribution is 2.43. The van der Waals surface area contributed by atoms with Crippen LogP contribution in [-0.4, -0.2) is 108 Å². The first-order valence-corrected chi connectivity index (χ1v) is 25.7. The molecule has 0 unspecified atom stereocenters. The first-order chi connectivity index (χ1) is 31.7. The van der Waals surface area contributed by atoms with Crippen LogP contribution in [0.4, 0.5) is 42.0 Å². The number of pyridine rings is 1. The molecule has 0 spiro atoms. The number of amides is 2. The minimum absolute atomic E-state index is 0.0589. The van der Waals surface area contributed by atoms with Crippen LogP contribution in [0.3, 0.4) is 0 Å². The molecular formula is C49H59F3N9O4P. The first-order valence-electron chi connectivity index (χ1n) is 23.1. The Labute approximate surface area is 384 Å². The Kier molecular flexibility index (Phi) is 14.3. The van der Waals surface area contributed by atoms with Gasteiger partial charge in [-0.15, -0.1) is 0 Å². The van der Waals surface area contributed by atoms with Gasteiger partial charge in [0.25, 0.3) is 0 Å². The molecule has 2 amide bonds. The number of anilines is 5. The highest BCUT2D eigenvalue weighted by Gasteiger charge is 2.33. The van der Waals surface area contributed by atoms with E-state index in [0.717, 1.165) is 81.2 Å². The van der Waals surface area contributed by atoms with E-state index >= 15 is 13.2 Å². The van der Waals surface area contributed by atoms with Gasteiger partial charge in [0.05, 0.1) is 23.9 Å². The molecule has 2 aromatic heterocycles. The Morgan fingerprint density at radius 2 is 1.58 bits per heavy atom. The number of benzene rings is 3. The van der Waals surface area contributed by atoms with Crippen molar-refractivity contribution in [2.24, 2.45) is 0 Å². The van der Waals surface area contributed by atoms with Crippen molar-refractivity contribution in [3.63, 3.8) is 0 Å². The van der Waals surface area contributed by atoms with Crippen molar-refractivity contribution in [2.75, 3.05) is 81.3 Å². The summed E-state index contributed by atoms with van der Waals surface area (Å²) in [6.07, 6.45) is 5.74. The Morgan fingerprint density at radius 1 is 0.833 bits per heavy atom. The van der Waals surface area contributed by atoms with Gasteiger partial charge in [0.1, 0.15) is 35.9 Å². The van der Waals surface area contributed by atoms with E-state index in [4.69, 9.17) is 9.72 Å². The number of nitrogens with zero attached hydrogens (tertiary/aromatic N) is 6. The van der Waals surface area contributed by atoms with E-state index in [1.165, 1.54) is 18.2 Å². The number of halogens is 3. The summed E-state index contributed by atoms with van der Waals surface area (Å²) < 4.78 is 65.6. The lowest BCUT2D eigenvalue weighted by atomic mass is 9.89. The number of nitrogens with one attached hydrogen (secondary N) is 3. The maximum Gasteiger partial charge on any atom is 0.234 e. The summed E-state index contributed by atoms with van der Waals surface area (Å²) in [6, 6.07) is 14.0. The molecule has 3 fully saturated rings. The molecule has 17 heteroatoms. The Bertz CT molecular complexity index is 2640. The minimum atomic E-state index is -2.91. The van der Waals surface area contributed by atoms with E-state index in [2.05, 4.69) is 59.7 Å². The van der Waals surface area contributed by atoms with Crippen molar-refractivity contribution in [2.45, 2.75) is 77.7 Å². The molecule has 0 saturated carbocycles. The van der Waals surface area contributed by atoms with Crippen LogP contribution in [0.5, 0.6) is 5.75 Å². The zero-order chi connectivity index (χ0) is 46.7. The summed E-state index contributed by atoms with van der Waals surface area (Å²) in [7, 11) is -2.91. The van der Waals surface area contributed by atoms with Crippen LogP contribution >= 0.6 is 7.14 Å². The third-order valence-electron chi connectivity index (χ3n) is 13.1. The molecule has 3 N–H and O–H groups in total. The molecule has 0 bridgehead atoms. The summed E-state index contributed by atoms with van der Waals surface area (Å²) in [5, 5.41) is 9.80. The van der Waals surface area contributed by atoms with Crippen LogP contribution in [0.1, 0.15) is 74.8 Å². The molecule has 8 rings (SSSR count). The number of rotatable bonds is 15. The van der Waals surface area contributed by atoms with E-state index in [1.807, 2.05) is 19.9 Å². The van der Waals surface area contributed by atoms with Gasteiger partial charge in [0.15, 0.2) is 5.82 Å². The zero-order valence-corrected chi connectivity index (χ0v) is 39.2. The van der Waals surface area contributed by atoms with Crippen molar-refractivity contribution in [1.29, 1.82) is 0 Å². The molecule has 0 aliphatic carbocycles. The molecule has 350 valence electrons. The summed E-state index contributed by atoms with van der Waals surface area (Å²) in [5.41, 5.74) is 4.63. The van der Waals surface area contributed by atoms with Gasteiger partial charge in [0, 0.05) is 104 Å². The standard InChI is InChI=1S/C49H59F3N9O4P/c1-6-31-27-39(56-49-53-17-13-43(57-49)55-40-28-38(52)46-35(47(40)66(4,5)64)10-9-32(7-2)54-46)42(65-8-3)29-41(31)61-19-15-33(16-20-61)60-23-21-59(22-24-60)18-14-30-25-36(50)45(37(51)26-30)34-11-12-44(62)58-48(34)63/h9-10,13,17,25-29,33-34H,6-8,11-12,14-16,18-24H2,1-5H3,(H,58,62,63)(H2,53,55,56,57)/t34-/m1/s1. The average molecular weight is 926 g/mol. The van der Waals surface area contributed by atoms with E-state index < -0.39 is 42.3 Å². The number of ether oxygens (including phenoxy) is 1. The monoisotopic (exact) mass is 925 g/mol. The number of aromatic nitrogens is 3. The van der Waals surface area contributed by atoms with Crippen molar-refractivity contribution in [3.05, 3.63) is 94.6 Å². The van der Waals surface area contributed by atoms with Crippen LogP contribution in [-0.2, 0) is 33.4 Å². The van der Waals surface area contributed by atoms with Gasteiger partial charge >= 0.3 is 0 Å². The van der Waals surface area contributed by atoms with Gasteiger partial charge in [-0.3, -0.25) is 19.8 Å². The van der Waals surface area contributed by atoms with E-state index in [0.29, 0.717) is 71.5 Å². The number of carbonyl (C=O) groups is 2. The molecule has 1 atom stereocenters. The van der Waals surface area contributed by atoms with Crippen molar-refractivity contribution in [3.8, 4) is 5.75 Å². The second-order valence-corrected chi connectivity index (χ2v) is 20.9. The Morgan fingerprint density at radius 3 is 2.24 bits per heavy atom. The summed E-state index contributed by atoms with van der Waals surface area (Å²) >= 11 is 0. The number of carbonyl (C=O) groups excluding carboxylic acids is 2. The van der Waals surface area contributed by atoms with Gasteiger partial charge < -0.3 is 29.7 Å². The number of fused-ring (bicyclic) bond motifs is 1. The molecule has 0 radical (unpaired) electrons. The van der Waals surface area contributed by atoms with E-state index in [9.17, 15) is 14.2 Å². The third kappa shape index (κ3) is 10.4. The van der Waals surface area contributed by atoms with Gasteiger partial charge in [0.2, 0.25) is 17.8 Å². The molecule has 3 aliphatic heterocycles. The molecular weight excluding hydrogens is 867 g/mol. The lowest BCUT2D eigenvalue weighted by Gasteiger charge is -2.43. The van der Waals surface area contributed by atoms with E-state index in [-0.39, 0.29) is 23.9 Å².